The van der Waals surface area contributed by atoms with E-state index in [-0.39, 0.29) is 17.0 Å². The Kier molecular flexibility index (Phi) is 5.86. The van der Waals surface area contributed by atoms with Crippen molar-refractivity contribution in [3.63, 3.8) is 0 Å². The third-order valence-electron chi connectivity index (χ3n) is 3.04. The maximum atomic E-state index is 13.9. The molecule has 0 aromatic heterocycles. The fourth-order valence-electron chi connectivity index (χ4n) is 1.96. The zero-order valence-corrected chi connectivity index (χ0v) is 12.9. The molecule has 112 valence electrons. The minimum Gasteiger partial charge on any atom is -0.316 e. The average molecular weight is 300 g/mol. The van der Waals surface area contributed by atoms with Crippen LogP contribution >= 0.6 is 0 Å². The molecular weight excluding hydrogens is 279 g/mol. The van der Waals surface area contributed by atoms with E-state index in [0.29, 0.717) is 18.7 Å². The highest BCUT2D eigenvalue weighted by Crippen LogP contribution is 2.24. The lowest BCUT2D eigenvalue weighted by Gasteiger charge is -2.20. The maximum absolute atomic E-state index is 13.9. The number of rotatable bonds is 7. The van der Waals surface area contributed by atoms with E-state index in [1.165, 1.54) is 29.4 Å². The number of benzene rings is 1. The topological polar surface area (TPSA) is 49.4 Å². The van der Waals surface area contributed by atoms with Gasteiger partial charge in [0.1, 0.15) is 5.82 Å². The second kappa shape index (κ2) is 6.97. The molecule has 0 saturated heterocycles. The van der Waals surface area contributed by atoms with Crippen LogP contribution in [0, 0.1) is 12.7 Å². The van der Waals surface area contributed by atoms with Gasteiger partial charge in [-0.2, -0.15) is 4.31 Å². The lowest BCUT2D eigenvalue weighted by Crippen LogP contribution is -2.31. The summed E-state index contributed by atoms with van der Waals surface area (Å²) < 4.78 is 40.3. The molecule has 0 atom stereocenters. The summed E-state index contributed by atoms with van der Waals surface area (Å²) in [6.45, 7) is 7.70. The van der Waals surface area contributed by atoms with E-state index in [9.17, 15) is 12.8 Å². The summed E-state index contributed by atoms with van der Waals surface area (Å²) in [4.78, 5) is 0.0199. The van der Waals surface area contributed by atoms with Gasteiger partial charge in [0, 0.05) is 25.2 Å². The lowest BCUT2D eigenvalue weighted by molar-refractivity contribution is 0.458. The van der Waals surface area contributed by atoms with E-state index >= 15 is 0 Å². The predicted molar refractivity (Wildman–Crippen MR) is 78.5 cm³/mol. The molecule has 0 aliphatic rings. The molecule has 0 spiro atoms. The van der Waals surface area contributed by atoms with Crippen molar-refractivity contribution in [2.24, 2.45) is 0 Å². The van der Waals surface area contributed by atoms with Crippen molar-refractivity contribution in [3.05, 3.63) is 41.7 Å². The number of likely N-dealkylation sites (N-methyl/N-ethyl adjacent to an activating group) is 1. The minimum absolute atomic E-state index is 0.0199. The van der Waals surface area contributed by atoms with Crippen LogP contribution in [0.1, 0.15) is 18.1 Å². The van der Waals surface area contributed by atoms with Gasteiger partial charge in [-0.25, -0.2) is 12.8 Å². The molecule has 0 radical (unpaired) electrons. The number of sulfonamides is 1. The smallest absolute Gasteiger partial charge is 0.243 e. The van der Waals surface area contributed by atoms with E-state index in [2.05, 4.69) is 11.9 Å². The van der Waals surface area contributed by atoms with Gasteiger partial charge in [-0.15, -0.1) is 6.58 Å². The van der Waals surface area contributed by atoms with Crippen LogP contribution in [0.2, 0.25) is 0 Å². The van der Waals surface area contributed by atoms with Crippen LogP contribution in [-0.4, -0.2) is 32.9 Å². The molecule has 0 aliphatic carbocycles. The maximum Gasteiger partial charge on any atom is 0.243 e. The molecule has 0 aliphatic heterocycles. The second-order valence-electron chi connectivity index (χ2n) is 4.48. The summed E-state index contributed by atoms with van der Waals surface area (Å²) in [5.74, 6) is -0.508. The third kappa shape index (κ3) is 3.45. The molecule has 1 N–H and O–H groups in total. The normalized spacial score (nSPS) is 11.8. The van der Waals surface area contributed by atoms with E-state index in [1.807, 2.05) is 0 Å². The van der Waals surface area contributed by atoms with E-state index in [0.717, 1.165) is 0 Å². The van der Waals surface area contributed by atoms with Crippen LogP contribution in [0.25, 0.3) is 0 Å². The van der Waals surface area contributed by atoms with Crippen LogP contribution in [0.3, 0.4) is 0 Å². The molecule has 0 bridgehead atoms. The van der Waals surface area contributed by atoms with Crippen molar-refractivity contribution in [1.82, 2.24) is 9.62 Å². The van der Waals surface area contributed by atoms with Crippen LogP contribution in [0.5, 0.6) is 0 Å². The van der Waals surface area contributed by atoms with Crippen LogP contribution in [-0.2, 0) is 16.6 Å². The monoisotopic (exact) mass is 300 g/mol. The van der Waals surface area contributed by atoms with Gasteiger partial charge in [0.05, 0.1) is 4.90 Å². The van der Waals surface area contributed by atoms with E-state index in [4.69, 9.17) is 0 Å². The van der Waals surface area contributed by atoms with Crippen molar-refractivity contribution in [2.75, 3.05) is 20.1 Å². The van der Waals surface area contributed by atoms with Crippen molar-refractivity contribution in [2.45, 2.75) is 25.3 Å². The third-order valence-corrected chi connectivity index (χ3v) is 5.11. The van der Waals surface area contributed by atoms with Gasteiger partial charge >= 0.3 is 0 Å². The van der Waals surface area contributed by atoms with Crippen molar-refractivity contribution < 1.29 is 12.8 Å². The number of hydrogen-bond acceptors (Lipinski definition) is 3. The Balaban J connectivity index is 3.39. The first-order valence-electron chi connectivity index (χ1n) is 6.43. The molecule has 0 fully saturated rings. The van der Waals surface area contributed by atoms with Crippen molar-refractivity contribution in [1.29, 1.82) is 0 Å². The zero-order valence-electron chi connectivity index (χ0n) is 12.1. The Morgan fingerprint density at radius 1 is 1.45 bits per heavy atom. The molecule has 6 heteroatoms. The standard InChI is InChI=1S/C14H21FN2O2S/c1-5-7-17(6-2)20(18,19)14-9-12(10-16-4)8-13(15)11(14)3/h5,8-9,16H,1,6-7,10H2,2-4H3. The number of halogens is 1. The highest BCUT2D eigenvalue weighted by molar-refractivity contribution is 7.89. The number of nitrogens with one attached hydrogen (secondary N) is 1. The predicted octanol–water partition coefficient (Wildman–Crippen LogP) is 2.05. The zero-order chi connectivity index (χ0) is 15.3. The first-order valence-corrected chi connectivity index (χ1v) is 7.87. The van der Waals surface area contributed by atoms with E-state index in [1.54, 1.807) is 14.0 Å². The summed E-state index contributed by atoms with van der Waals surface area (Å²) in [5, 5.41) is 2.89. The molecule has 0 unspecified atom stereocenters. The van der Waals surface area contributed by atoms with Crippen LogP contribution in [0.15, 0.2) is 29.7 Å². The Morgan fingerprint density at radius 3 is 2.60 bits per heavy atom. The Morgan fingerprint density at radius 2 is 2.10 bits per heavy atom. The number of nitrogens with zero attached hydrogens (tertiary/aromatic N) is 1. The minimum atomic E-state index is -3.71. The summed E-state index contributed by atoms with van der Waals surface area (Å²) >= 11 is 0. The summed E-state index contributed by atoms with van der Waals surface area (Å²) in [6, 6.07) is 2.88. The summed E-state index contributed by atoms with van der Waals surface area (Å²) in [6.07, 6.45) is 1.52. The van der Waals surface area contributed by atoms with E-state index < -0.39 is 15.8 Å². The first kappa shape index (κ1) is 16.8. The molecule has 20 heavy (non-hydrogen) atoms. The fourth-order valence-corrected chi connectivity index (χ4v) is 3.67. The van der Waals surface area contributed by atoms with Gasteiger partial charge in [0.2, 0.25) is 10.0 Å². The summed E-state index contributed by atoms with van der Waals surface area (Å²) in [7, 11) is -1.99. The fraction of sp³-hybridized carbons (Fsp3) is 0.429. The quantitative estimate of drug-likeness (QED) is 0.784. The largest absolute Gasteiger partial charge is 0.316 e. The molecule has 1 rings (SSSR count). The highest BCUT2D eigenvalue weighted by atomic mass is 32.2. The molecule has 1 aromatic carbocycles. The van der Waals surface area contributed by atoms with Gasteiger partial charge in [-0.3, -0.25) is 0 Å². The van der Waals surface area contributed by atoms with Gasteiger partial charge in [-0.1, -0.05) is 13.0 Å². The molecule has 0 saturated carbocycles. The van der Waals surface area contributed by atoms with Gasteiger partial charge in [-0.05, 0) is 31.7 Å². The van der Waals surface area contributed by atoms with Gasteiger partial charge in [0.25, 0.3) is 0 Å². The second-order valence-corrected chi connectivity index (χ2v) is 6.38. The number of hydrogen-bond donors (Lipinski definition) is 1. The molecule has 4 nitrogen and oxygen atoms in total. The van der Waals surface area contributed by atoms with Gasteiger partial charge in [0.15, 0.2) is 0 Å². The SMILES string of the molecule is C=CCN(CC)S(=O)(=O)c1cc(CNC)cc(F)c1C. The Labute approximate surface area is 120 Å². The van der Waals surface area contributed by atoms with Crippen LogP contribution < -0.4 is 5.32 Å². The molecule has 1 aromatic rings. The molecular formula is C14H21FN2O2S. The Hall–Kier alpha value is -1.24. The van der Waals surface area contributed by atoms with Gasteiger partial charge < -0.3 is 5.32 Å². The van der Waals surface area contributed by atoms with Crippen molar-refractivity contribution >= 4 is 10.0 Å². The summed E-state index contributed by atoms with van der Waals surface area (Å²) in [5.41, 5.74) is 0.746. The molecule has 0 heterocycles. The van der Waals surface area contributed by atoms with Crippen LogP contribution in [0.4, 0.5) is 4.39 Å². The Bertz CT molecular complexity index is 585. The molecule has 0 amide bonds. The first-order chi connectivity index (χ1) is 9.38. The lowest BCUT2D eigenvalue weighted by atomic mass is 10.1. The van der Waals surface area contributed by atoms with Crippen molar-refractivity contribution in [3.8, 4) is 0 Å². The highest BCUT2D eigenvalue weighted by Gasteiger charge is 2.25. The average Bonchev–Trinajstić information content (AvgIpc) is 2.39.